The van der Waals surface area contributed by atoms with E-state index < -0.39 is 0 Å². The average Bonchev–Trinajstić information content (AvgIpc) is 2.13. The summed E-state index contributed by atoms with van der Waals surface area (Å²) in [6.07, 6.45) is 2.01. The van der Waals surface area contributed by atoms with E-state index in [1.54, 1.807) is 0 Å². The van der Waals surface area contributed by atoms with Crippen LogP contribution in [0.2, 0.25) is 0 Å². The zero-order valence-corrected chi connectivity index (χ0v) is 10.5. The molecule has 0 aromatic carbocycles. The van der Waals surface area contributed by atoms with Crippen LogP contribution in [0.3, 0.4) is 0 Å². The number of hydrogen-bond donors (Lipinski definition) is 2. The van der Waals surface area contributed by atoms with Gasteiger partial charge in [0.15, 0.2) is 0 Å². The highest BCUT2D eigenvalue weighted by atomic mass is 16.2. The Labute approximate surface area is 93.3 Å². The molecular formula is C12H25NO2. The second-order valence-electron chi connectivity index (χ2n) is 5.25. The van der Waals surface area contributed by atoms with Crippen LogP contribution in [0.25, 0.3) is 0 Å². The van der Waals surface area contributed by atoms with Crippen molar-refractivity contribution in [3.63, 3.8) is 0 Å². The predicted molar refractivity (Wildman–Crippen MR) is 62.6 cm³/mol. The van der Waals surface area contributed by atoms with Gasteiger partial charge in [-0.25, -0.2) is 0 Å². The van der Waals surface area contributed by atoms with Gasteiger partial charge in [0, 0.05) is 19.6 Å². The molecule has 0 saturated heterocycles. The molecule has 15 heavy (non-hydrogen) atoms. The Morgan fingerprint density at radius 2 is 1.93 bits per heavy atom. The number of carbonyl (C=O) groups is 1. The quantitative estimate of drug-likeness (QED) is 0.665. The smallest absolute Gasteiger partial charge is 0.220 e. The molecule has 0 saturated carbocycles. The third-order valence-corrected chi connectivity index (χ3v) is 2.90. The van der Waals surface area contributed by atoms with E-state index in [4.69, 9.17) is 5.11 Å². The summed E-state index contributed by atoms with van der Waals surface area (Å²) in [5, 5.41) is 11.5. The SMILES string of the molecule is CC(CNC(=O)CCCCO)C(C)(C)C. The molecule has 0 spiro atoms. The van der Waals surface area contributed by atoms with E-state index in [9.17, 15) is 4.79 Å². The van der Waals surface area contributed by atoms with Crippen LogP contribution < -0.4 is 5.32 Å². The molecule has 0 aliphatic heterocycles. The minimum absolute atomic E-state index is 0.0968. The lowest BCUT2D eigenvalue weighted by Crippen LogP contribution is -2.33. The van der Waals surface area contributed by atoms with E-state index in [0.29, 0.717) is 18.8 Å². The van der Waals surface area contributed by atoms with Gasteiger partial charge in [-0.1, -0.05) is 27.7 Å². The molecule has 1 amide bonds. The maximum absolute atomic E-state index is 11.4. The number of amides is 1. The molecule has 0 radical (unpaired) electrons. The zero-order chi connectivity index (χ0) is 11.9. The van der Waals surface area contributed by atoms with Crippen molar-refractivity contribution in [2.75, 3.05) is 13.2 Å². The summed E-state index contributed by atoms with van der Waals surface area (Å²) in [7, 11) is 0. The van der Waals surface area contributed by atoms with Crippen LogP contribution in [-0.4, -0.2) is 24.2 Å². The summed E-state index contributed by atoms with van der Waals surface area (Å²) in [4.78, 5) is 11.4. The van der Waals surface area contributed by atoms with Gasteiger partial charge < -0.3 is 10.4 Å². The van der Waals surface area contributed by atoms with Crippen molar-refractivity contribution in [1.82, 2.24) is 5.32 Å². The van der Waals surface area contributed by atoms with Gasteiger partial charge >= 0.3 is 0 Å². The van der Waals surface area contributed by atoms with Crippen LogP contribution in [0.4, 0.5) is 0 Å². The van der Waals surface area contributed by atoms with Crippen LogP contribution >= 0.6 is 0 Å². The molecule has 0 aromatic heterocycles. The van der Waals surface area contributed by atoms with Crippen molar-refractivity contribution in [2.45, 2.75) is 47.0 Å². The number of hydrogen-bond acceptors (Lipinski definition) is 2. The van der Waals surface area contributed by atoms with Crippen molar-refractivity contribution in [1.29, 1.82) is 0 Å². The van der Waals surface area contributed by atoms with Gasteiger partial charge in [-0.05, 0) is 24.2 Å². The molecule has 90 valence electrons. The topological polar surface area (TPSA) is 49.3 Å². The Kier molecular flexibility index (Phi) is 6.57. The van der Waals surface area contributed by atoms with Gasteiger partial charge in [-0.15, -0.1) is 0 Å². The predicted octanol–water partition coefficient (Wildman–Crippen LogP) is 1.95. The van der Waals surface area contributed by atoms with Crippen molar-refractivity contribution < 1.29 is 9.90 Å². The first-order valence-electron chi connectivity index (χ1n) is 5.75. The highest BCUT2D eigenvalue weighted by Gasteiger charge is 2.19. The molecule has 0 bridgehead atoms. The molecule has 0 aliphatic carbocycles. The molecule has 0 heterocycles. The molecule has 0 aliphatic rings. The molecule has 1 unspecified atom stereocenters. The van der Waals surface area contributed by atoms with E-state index in [-0.39, 0.29) is 17.9 Å². The maximum atomic E-state index is 11.4. The highest BCUT2D eigenvalue weighted by Crippen LogP contribution is 2.24. The number of unbranched alkanes of at least 4 members (excludes halogenated alkanes) is 1. The van der Waals surface area contributed by atoms with Crippen molar-refractivity contribution in [3.05, 3.63) is 0 Å². The summed E-state index contributed by atoms with van der Waals surface area (Å²) in [6.45, 7) is 9.59. The standard InChI is InChI=1S/C12H25NO2/c1-10(12(2,3)4)9-13-11(15)7-5-6-8-14/h10,14H,5-9H2,1-4H3,(H,13,15). The second kappa shape index (κ2) is 6.83. The molecule has 3 nitrogen and oxygen atoms in total. The van der Waals surface area contributed by atoms with Crippen molar-refractivity contribution in [2.24, 2.45) is 11.3 Å². The fraction of sp³-hybridized carbons (Fsp3) is 0.917. The molecular weight excluding hydrogens is 190 g/mol. The van der Waals surface area contributed by atoms with Crippen LogP contribution in [0, 0.1) is 11.3 Å². The number of aliphatic hydroxyl groups excluding tert-OH is 1. The van der Waals surface area contributed by atoms with Gasteiger partial charge in [0.2, 0.25) is 5.91 Å². The Bertz CT molecular complexity index is 185. The molecule has 0 fully saturated rings. The van der Waals surface area contributed by atoms with Crippen LogP contribution in [0.1, 0.15) is 47.0 Å². The van der Waals surface area contributed by atoms with E-state index in [1.165, 1.54) is 0 Å². The minimum Gasteiger partial charge on any atom is -0.396 e. The Hall–Kier alpha value is -0.570. The average molecular weight is 215 g/mol. The lowest BCUT2D eigenvalue weighted by molar-refractivity contribution is -0.121. The zero-order valence-electron chi connectivity index (χ0n) is 10.5. The molecule has 1 atom stereocenters. The first-order valence-corrected chi connectivity index (χ1v) is 5.75. The molecule has 3 heteroatoms. The molecule has 0 aromatic rings. The van der Waals surface area contributed by atoms with Crippen LogP contribution in [0.15, 0.2) is 0 Å². The van der Waals surface area contributed by atoms with E-state index in [0.717, 1.165) is 13.0 Å². The normalized spacial score (nSPS) is 13.7. The van der Waals surface area contributed by atoms with E-state index >= 15 is 0 Å². The third kappa shape index (κ3) is 7.37. The molecule has 2 N–H and O–H groups in total. The van der Waals surface area contributed by atoms with E-state index in [2.05, 4.69) is 33.0 Å². The van der Waals surface area contributed by atoms with Gasteiger partial charge in [0.1, 0.15) is 0 Å². The number of carbonyl (C=O) groups excluding carboxylic acids is 1. The lowest BCUT2D eigenvalue weighted by Gasteiger charge is -2.27. The van der Waals surface area contributed by atoms with Gasteiger partial charge in [0.05, 0.1) is 0 Å². The first-order chi connectivity index (χ1) is 6.88. The Morgan fingerprint density at radius 1 is 1.33 bits per heavy atom. The van der Waals surface area contributed by atoms with Crippen LogP contribution in [-0.2, 0) is 4.79 Å². The highest BCUT2D eigenvalue weighted by molar-refractivity contribution is 5.75. The third-order valence-electron chi connectivity index (χ3n) is 2.90. The van der Waals surface area contributed by atoms with Crippen LogP contribution in [0.5, 0.6) is 0 Å². The fourth-order valence-corrected chi connectivity index (χ4v) is 1.06. The summed E-state index contributed by atoms with van der Waals surface area (Å²) in [5.41, 5.74) is 0.235. The summed E-state index contributed by atoms with van der Waals surface area (Å²) in [5.74, 6) is 0.568. The monoisotopic (exact) mass is 215 g/mol. The maximum Gasteiger partial charge on any atom is 0.220 e. The minimum atomic E-state index is 0.0968. The fourth-order valence-electron chi connectivity index (χ4n) is 1.06. The lowest BCUT2D eigenvalue weighted by atomic mass is 9.82. The number of nitrogens with one attached hydrogen (secondary N) is 1. The summed E-state index contributed by atoms with van der Waals surface area (Å²) >= 11 is 0. The molecule has 0 rings (SSSR count). The summed E-state index contributed by atoms with van der Waals surface area (Å²) in [6, 6.07) is 0. The van der Waals surface area contributed by atoms with Gasteiger partial charge in [-0.3, -0.25) is 4.79 Å². The van der Waals surface area contributed by atoms with Gasteiger partial charge in [-0.2, -0.15) is 0 Å². The first kappa shape index (κ1) is 14.4. The number of aliphatic hydroxyl groups is 1. The van der Waals surface area contributed by atoms with Gasteiger partial charge in [0.25, 0.3) is 0 Å². The number of rotatable bonds is 6. The second-order valence-corrected chi connectivity index (χ2v) is 5.25. The Balaban J connectivity index is 3.62. The Morgan fingerprint density at radius 3 is 2.40 bits per heavy atom. The van der Waals surface area contributed by atoms with Crippen molar-refractivity contribution >= 4 is 5.91 Å². The summed E-state index contributed by atoms with van der Waals surface area (Å²) < 4.78 is 0. The van der Waals surface area contributed by atoms with E-state index in [1.807, 2.05) is 0 Å². The van der Waals surface area contributed by atoms with Crippen molar-refractivity contribution in [3.8, 4) is 0 Å². The largest absolute Gasteiger partial charge is 0.396 e.